The van der Waals surface area contributed by atoms with Crippen molar-refractivity contribution in [2.24, 2.45) is 23.5 Å². The number of rotatable bonds is 21. The van der Waals surface area contributed by atoms with Gasteiger partial charge in [-0.05, 0) is 43.2 Å². The first-order chi connectivity index (χ1) is 19.7. The summed E-state index contributed by atoms with van der Waals surface area (Å²) in [6.45, 7) is 4.65. The molecule has 3 atom stereocenters. The highest BCUT2D eigenvalue weighted by atomic mass is 32.1. The Morgan fingerprint density at radius 2 is 1.51 bits per heavy atom. The summed E-state index contributed by atoms with van der Waals surface area (Å²) in [6.07, 6.45) is 0.0691. The van der Waals surface area contributed by atoms with E-state index in [9.17, 15) is 14.7 Å². The van der Waals surface area contributed by atoms with Gasteiger partial charge in [-0.1, -0.05) is 42.0 Å². The zero-order chi connectivity index (χ0) is 30.0. The number of carbonyl (C=O) groups is 2. The van der Waals surface area contributed by atoms with E-state index in [2.05, 4.69) is 5.32 Å². The molecule has 0 radical (unpaired) electrons. The summed E-state index contributed by atoms with van der Waals surface area (Å²) in [5.74, 6) is -2.82. The molecule has 4 N–H and O–H groups in total. The van der Waals surface area contributed by atoms with Gasteiger partial charge in [0.15, 0.2) is 0 Å². The average molecular weight is 591 g/mol. The van der Waals surface area contributed by atoms with Crippen molar-refractivity contribution in [2.45, 2.75) is 19.8 Å². The van der Waals surface area contributed by atoms with E-state index >= 15 is 0 Å². The third-order valence-corrected chi connectivity index (χ3v) is 6.98. The Bertz CT molecular complexity index is 1070. The van der Waals surface area contributed by atoms with Gasteiger partial charge in [0.2, 0.25) is 5.91 Å². The largest absolute Gasteiger partial charge is 0.497 e. The lowest BCUT2D eigenvalue weighted by Crippen LogP contribution is -2.44. The summed E-state index contributed by atoms with van der Waals surface area (Å²) in [5, 5.41) is 13.4. The molecule has 0 aliphatic heterocycles. The summed E-state index contributed by atoms with van der Waals surface area (Å²) >= 11 is 5.82. The van der Waals surface area contributed by atoms with Crippen molar-refractivity contribution in [1.82, 2.24) is 5.32 Å². The Morgan fingerprint density at radius 1 is 0.902 bits per heavy atom. The van der Waals surface area contributed by atoms with Gasteiger partial charge in [-0.3, -0.25) is 9.59 Å². The number of carboxylic acids is 1. The second-order valence-electron chi connectivity index (χ2n) is 9.57. The normalized spacial score (nSPS) is 13.1. The number of primary amides is 1. The number of nitrogens with one attached hydrogen (secondary N) is 1. The maximum atomic E-state index is 12.4. The number of benzene rings is 2. The fourth-order valence-corrected chi connectivity index (χ4v) is 4.63. The number of aryl methyl sites for hydroxylation is 1. The molecule has 0 saturated heterocycles. The van der Waals surface area contributed by atoms with Crippen LogP contribution in [0, 0.1) is 24.7 Å². The smallest absolute Gasteiger partial charge is 0.307 e. The predicted octanol–water partition coefficient (Wildman–Crippen LogP) is 3.03. The molecular formula is C30H42N2O8S. The number of thiocarbonyl (C=S) groups is 1. The summed E-state index contributed by atoms with van der Waals surface area (Å²) in [7, 11) is 3.20. The number of aliphatic carboxylic acids is 1. The van der Waals surface area contributed by atoms with Crippen LogP contribution in [0.5, 0.6) is 11.5 Å². The van der Waals surface area contributed by atoms with Crippen molar-refractivity contribution in [2.75, 3.05) is 60.4 Å². The molecule has 0 bridgehead atoms. The molecule has 0 aromatic heterocycles. The first kappa shape index (κ1) is 34.0. The van der Waals surface area contributed by atoms with Crippen molar-refractivity contribution in [1.29, 1.82) is 0 Å². The van der Waals surface area contributed by atoms with Crippen LogP contribution >= 0.6 is 12.2 Å². The predicted molar refractivity (Wildman–Crippen MR) is 159 cm³/mol. The van der Waals surface area contributed by atoms with Crippen molar-refractivity contribution in [3.63, 3.8) is 0 Å². The third kappa shape index (κ3) is 12.9. The lowest BCUT2D eigenvalue weighted by molar-refractivity contribution is -0.147. The van der Waals surface area contributed by atoms with E-state index in [0.717, 1.165) is 11.1 Å². The SMILES string of the molecule is COCCOCCOCCNC(=S)[C@@H](Cc1ccc(OC)cc1)C(COc1ccc(C)cc1)[C@@H](CC(N)=O)C(=O)O. The number of carbonyl (C=O) groups excluding carboxylic acids is 1. The molecule has 2 aromatic rings. The van der Waals surface area contributed by atoms with Crippen molar-refractivity contribution in [3.8, 4) is 11.5 Å². The maximum Gasteiger partial charge on any atom is 0.307 e. The van der Waals surface area contributed by atoms with E-state index in [1.165, 1.54) is 0 Å². The van der Waals surface area contributed by atoms with Crippen LogP contribution in [0.2, 0.25) is 0 Å². The molecule has 41 heavy (non-hydrogen) atoms. The molecular weight excluding hydrogens is 548 g/mol. The van der Waals surface area contributed by atoms with E-state index in [4.69, 9.17) is 41.6 Å². The van der Waals surface area contributed by atoms with E-state index in [1.54, 1.807) is 14.2 Å². The van der Waals surface area contributed by atoms with Crippen molar-refractivity contribution < 1.29 is 38.4 Å². The average Bonchev–Trinajstić information content (AvgIpc) is 2.95. The number of hydrogen-bond donors (Lipinski definition) is 3. The Morgan fingerprint density at radius 3 is 2.10 bits per heavy atom. The zero-order valence-electron chi connectivity index (χ0n) is 24.0. The van der Waals surface area contributed by atoms with Gasteiger partial charge in [0.1, 0.15) is 11.5 Å². The number of carboxylic acid groups (broad SMARTS) is 1. The molecule has 2 rings (SSSR count). The van der Waals surface area contributed by atoms with Crippen LogP contribution in [0.15, 0.2) is 48.5 Å². The molecule has 0 heterocycles. The monoisotopic (exact) mass is 590 g/mol. The molecule has 10 nitrogen and oxygen atoms in total. The van der Waals surface area contributed by atoms with Crippen LogP contribution in [0.4, 0.5) is 0 Å². The number of ether oxygens (including phenoxy) is 5. The van der Waals surface area contributed by atoms with Crippen LogP contribution < -0.4 is 20.5 Å². The van der Waals surface area contributed by atoms with Gasteiger partial charge in [-0.15, -0.1) is 0 Å². The Labute approximate surface area is 247 Å². The molecule has 0 aliphatic rings. The molecule has 1 amide bonds. The standard InChI is InChI=1S/C30H42N2O8S/c1-21-4-8-24(9-5-21)40-20-27(26(30(34)35)19-28(31)33)25(18-22-6-10-23(37-3)11-7-22)29(41)32-12-13-38-16-17-39-15-14-36-2/h4-11,25-27H,12-20H2,1-3H3,(H2,31,33)(H,32,41)(H,34,35)/t25-,26+,27?/m0/s1. The van der Waals surface area contributed by atoms with Crippen LogP contribution in [0.1, 0.15) is 17.5 Å². The minimum Gasteiger partial charge on any atom is -0.497 e. The minimum absolute atomic E-state index is 0.0191. The van der Waals surface area contributed by atoms with Crippen LogP contribution in [-0.4, -0.2) is 82.4 Å². The molecule has 0 spiro atoms. The topological polar surface area (TPSA) is 139 Å². The van der Waals surface area contributed by atoms with Crippen molar-refractivity contribution in [3.05, 3.63) is 59.7 Å². The van der Waals surface area contributed by atoms with Gasteiger partial charge < -0.3 is 39.8 Å². The van der Waals surface area contributed by atoms with Gasteiger partial charge in [-0.25, -0.2) is 0 Å². The summed E-state index contributed by atoms with van der Waals surface area (Å²) in [6, 6.07) is 14.9. The molecule has 0 fully saturated rings. The number of methoxy groups -OCH3 is 2. The minimum atomic E-state index is -1.14. The Balaban J connectivity index is 2.23. The summed E-state index contributed by atoms with van der Waals surface area (Å²) in [5.41, 5.74) is 7.47. The summed E-state index contributed by atoms with van der Waals surface area (Å²) in [4.78, 5) is 24.8. The highest BCUT2D eigenvalue weighted by Gasteiger charge is 2.38. The van der Waals surface area contributed by atoms with Crippen LogP contribution in [0.3, 0.4) is 0 Å². The Kier molecular flexibility index (Phi) is 15.7. The van der Waals surface area contributed by atoms with E-state index in [-0.39, 0.29) is 13.0 Å². The highest BCUT2D eigenvalue weighted by molar-refractivity contribution is 7.80. The zero-order valence-corrected chi connectivity index (χ0v) is 24.8. The third-order valence-electron chi connectivity index (χ3n) is 6.54. The number of nitrogens with two attached hydrogens (primary N) is 1. The van der Waals surface area contributed by atoms with Gasteiger partial charge in [-0.2, -0.15) is 0 Å². The van der Waals surface area contributed by atoms with E-state index < -0.39 is 29.6 Å². The van der Waals surface area contributed by atoms with E-state index in [1.807, 2.05) is 55.5 Å². The van der Waals surface area contributed by atoms with Crippen LogP contribution in [-0.2, 0) is 30.2 Å². The second kappa shape index (κ2) is 19.0. The van der Waals surface area contributed by atoms with Gasteiger partial charge in [0.25, 0.3) is 0 Å². The van der Waals surface area contributed by atoms with Gasteiger partial charge in [0.05, 0.1) is 57.7 Å². The number of hydrogen-bond acceptors (Lipinski definition) is 8. The molecule has 11 heteroatoms. The lowest BCUT2D eigenvalue weighted by atomic mass is 9.77. The van der Waals surface area contributed by atoms with Crippen LogP contribution in [0.25, 0.3) is 0 Å². The Hall–Kier alpha value is -3.25. The molecule has 1 unspecified atom stereocenters. The first-order valence-electron chi connectivity index (χ1n) is 13.5. The maximum absolute atomic E-state index is 12.4. The molecule has 226 valence electrons. The molecule has 0 aliphatic carbocycles. The first-order valence-corrected chi connectivity index (χ1v) is 13.9. The molecule has 2 aromatic carbocycles. The molecule has 0 saturated carbocycles. The lowest BCUT2D eigenvalue weighted by Gasteiger charge is -2.32. The van der Waals surface area contributed by atoms with Crippen molar-refractivity contribution >= 4 is 29.1 Å². The van der Waals surface area contributed by atoms with E-state index in [0.29, 0.717) is 62.5 Å². The quantitative estimate of drug-likeness (QED) is 0.147. The number of amides is 1. The highest BCUT2D eigenvalue weighted by Crippen LogP contribution is 2.30. The summed E-state index contributed by atoms with van der Waals surface area (Å²) < 4.78 is 27.3. The van der Waals surface area contributed by atoms with Gasteiger partial charge >= 0.3 is 5.97 Å². The van der Waals surface area contributed by atoms with Gasteiger partial charge in [0, 0.05) is 31.9 Å². The fraction of sp³-hybridized carbons (Fsp3) is 0.500. The second-order valence-corrected chi connectivity index (χ2v) is 10.0. The fourth-order valence-electron chi connectivity index (χ4n) is 4.27.